The first-order chi connectivity index (χ1) is 13.4. The van der Waals surface area contributed by atoms with Crippen LogP contribution >= 0.6 is 0 Å². The molecule has 2 heterocycles. The molecule has 1 aromatic rings. The van der Waals surface area contributed by atoms with Crippen molar-refractivity contribution in [1.82, 2.24) is 10.2 Å². The Balaban J connectivity index is 1.60. The van der Waals surface area contributed by atoms with Crippen LogP contribution in [0.5, 0.6) is 0 Å². The van der Waals surface area contributed by atoms with E-state index in [9.17, 15) is 9.59 Å². The van der Waals surface area contributed by atoms with Gasteiger partial charge in [0.05, 0.1) is 0 Å². The van der Waals surface area contributed by atoms with Crippen LogP contribution in [-0.2, 0) is 4.79 Å². The minimum absolute atomic E-state index is 0.0476. The van der Waals surface area contributed by atoms with Gasteiger partial charge in [-0.15, -0.1) is 0 Å². The van der Waals surface area contributed by atoms with Crippen LogP contribution < -0.4 is 10.6 Å². The molecule has 0 aliphatic carbocycles. The molecule has 0 aromatic heterocycles. The molecule has 0 saturated carbocycles. The molecule has 2 fully saturated rings. The fourth-order valence-corrected chi connectivity index (χ4v) is 4.62. The molecule has 0 spiro atoms. The quantitative estimate of drug-likeness (QED) is 0.810. The Morgan fingerprint density at radius 2 is 1.82 bits per heavy atom. The molecular weight excluding hydrogens is 350 g/mol. The zero-order valence-electron chi connectivity index (χ0n) is 17.6. The molecule has 28 heavy (non-hydrogen) atoms. The van der Waals surface area contributed by atoms with Crippen molar-refractivity contribution in [3.05, 3.63) is 29.3 Å². The summed E-state index contributed by atoms with van der Waals surface area (Å²) in [6.45, 7) is 10.1. The van der Waals surface area contributed by atoms with Gasteiger partial charge in [0, 0.05) is 30.8 Å². The maximum atomic E-state index is 13.0. The van der Waals surface area contributed by atoms with Crippen LogP contribution in [0.4, 0.5) is 5.69 Å². The third-order valence-electron chi connectivity index (χ3n) is 6.15. The standard InChI is InChI=1S/C23H35N3O2/c1-16-12-17(2)15-26(14-16)23(28)20-6-4-18(3)21(13-20)25-22(27)7-5-19-8-10-24-11-9-19/h4,6,13,16-17,19,24H,5,7-12,14-15H2,1-3H3,(H,25,27). The van der Waals surface area contributed by atoms with E-state index in [4.69, 9.17) is 0 Å². The Kier molecular flexibility index (Phi) is 7.11. The summed E-state index contributed by atoms with van der Waals surface area (Å²) in [5.74, 6) is 1.83. The summed E-state index contributed by atoms with van der Waals surface area (Å²) in [6, 6.07) is 5.67. The Morgan fingerprint density at radius 1 is 1.14 bits per heavy atom. The van der Waals surface area contributed by atoms with Gasteiger partial charge in [0.25, 0.3) is 5.91 Å². The van der Waals surface area contributed by atoms with Crippen molar-refractivity contribution < 1.29 is 9.59 Å². The van der Waals surface area contributed by atoms with Gasteiger partial charge in [-0.25, -0.2) is 0 Å². The molecule has 154 valence electrons. The SMILES string of the molecule is Cc1ccc(C(=O)N2CC(C)CC(C)C2)cc1NC(=O)CCC1CCNCC1. The molecule has 5 nitrogen and oxygen atoms in total. The van der Waals surface area contributed by atoms with Crippen LogP contribution in [0.15, 0.2) is 18.2 Å². The fourth-order valence-electron chi connectivity index (χ4n) is 4.62. The molecule has 2 unspecified atom stereocenters. The molecule has 1 aromatic carbocycles. The summed E-state index contributed by atoms with van der Waals surface area (Å²) in [6.07, 6.45) is 4.97. The molecule has 0 radical (unpaired) electrons. The maximum Gasteiger partial charge on any atom is 0.253 e. The number of anilines is 1. The van der Waals surface area contributed by atoms with Crippen molar-refractivity contribution in [2.45, 2.75) is 52.9 Å². The largest absolute Gasteiger partial charge is 0.338 e. The van der Waals surface area contributed by atoms with Crippen LogP contribution in [0.1, 0.15) is 61.9 Å². The number of amides is 2. The van der Waals surface area contributed by atoms with E-state index in [1.165, 1.54) is 6.42 Å². The number of carbonyl (C=O) groups is 2. The molecule has 2 aliphatic heterocycles. The predicted molar refractivity (Wildman–Crippen MR) is 113 cm³/mol. The van der Waals surface area contributed by atoms with E-state index >= 15 is 0 Å². The second-order valence-corrected chi connectivity index (χ2v) is 8.97. The second-order valence-electron chi connectivity index (χ2n) is 8.97. The maximum absolute atomic E-state index is 13.0. The zero-order valence-corrected chi connectivity index (χ0v) is 17.6. The van der Waals surface area contributed by atoms with Gasteiger partial charge < -0.3 is 15.5 Å². The Bertz CT molecular complexity index is 687. The van der Waals surface area contributed by atoms with Gasteiger partial charge in [-0.2, -0.15) is 0 Å². The Morgan fingerprint density at radius 3 is 2.50 bits per heavy atom. The summed E-state index contributed by atoms with van der Waals surface area (Å²) in [7, 11) is 0. The highest BCUT2D eigenvalue weighted by atomic mass is 16.2. The van der Waals surface area contributed by atoms with Crippen molar-refractivity contribution in [1.29, 1.82) is 0 Å². The molecule has 2 aliphatic rings. The molecule has 2 amide bonds. The first-order valence-electron chi connectivity index (χ1n) is 10.8. The average molecular weight is 386 g/mol. The van der Waals surface area contributed by atoms with Crippen molar-refractivity contribution in [2.24, 2.45) is 17.8 Å². The van der Waals surface area contributed by atoms with Gasteiger partial charge in [-0.3, -0.25) is 9.59 Å². The number of hydrogen-bond donors (Lipinski definition) is 2. The average Bonchev–Trinajstić information content (AvgIpc) is 2.67. The number of rotatable bonds is 5. The molecule has 2 atom stereocenters. The minimum Gasteiger partial charge on any atom is -0.338 e. The van der Waals surface area contributed by atoms with Crippen molar-refractivity contribution in [2.75, 3.05) is 31.5 Å². The van der Waals surface area contributed by atoms with Crippen LogP contribution in [0, 0.1) is 24.7 Å². The van der Waals surface area contributed by atoms with Crippen molar-refractivity contribution in [3.8, 4) is 0 Å². The number of nitrogens with zero attached hydrogens (tertiary/aromatic N) is 1. The van der Waals surface area contributed by atoms with Crippen LogP contribution in [0.2, 0.25) is 0 Å². The van der Waals surface area contributed by atoms with E-state index in [2.05, 4.69) is 24.5 Å². The van der Waals surface area contributed by atoms with Crippen LogP contribution in [0.25, 0.3) is 0 Å². The lowest BCUT2D eigenvalue weighted by molar-refractivity contribution is -0.116. The van der Waals surface area contributed by atoms with Gasteiger partial charge in [0.1, 0.15) is 0 Å². The minimum atomic E-state index is 0.0476. The third-order valence-corrected chi connectivity index (χ3v) is 6.15. The van der Waals surface area contributed by atoms with Gasteiger partial charge >= 0.3 is 0 Å². The van der Waals surface area contributed by atoms with Crippen LogP contribution in [-0.4, -0.2) is 42.9 Å². The van der Waals surface area contributed by atoms with E-state index < -0.39 is 0 Å². The first kappa shape index (κ1) is 20.8. The highest BCUT2D eigenvalue weighted by molar-refractivity contribution is 5.97. The number of carbonyl (C=O) groups excluding carboxylic acids is 2. The monoisotopic (exact) mass is 385 g/mol. The molecular formula is C23H35N3O2. The van der Waals surface area contributed by atoms with E-state index in [1.807, 2.05) is 30.0 Å². The molecule has 2 saturated heterocycles. The van der Waals surface area contributed by atoms with E-state index in [1.54, 1.807) is 0 Å². The topological polar surface area (TPSA) is 61.4 Å². The molecule has 2 N–H and O–H groups in total. The van der Waals surface area contributed by atoms with Crippen LogP contribution in [0.3, 0.4) is 0 Å². The number of likely N-dealkylation sites (tertiary alicyclic amines) is 1. The summed E-state index contributed by atoms with van der Waals surface area (Å²) in [4.78, 5) is 27.4. The first-order valence-corrected chi connectivity index (χ1v) is 10.8. The normalized spacial score (nSPS) is 23.5. The Hall–Kier alpha value is -1.88. The molecule has 5 heteroatoms. The fraction of sp³-hybridized carbons (Fsp3) is 0.652. The van der Waals surface area contributed by atoms with E-state index in [0.29, 0.717) is 29.7 Å². The summed E-state index contributed by atoms with van der Waals surface area (Å²) in [5, 5.41) is 6.40. The van der Waals surface area contributed by atoms with Gasteiger partial charge in [0.2, 0.25) is 5.91 Å². The molecule has 0 bridgehead atoms. The molecule has 3 rings (SSSR count). The number of hydrogen-bond acceptors (Lipinski definition) is 3. The number of nitrogens with one attached hydrogen (secondary N) is 2. The second kappa shape index (κ2) is 9.55. The van der Waals surface area contributed by atoms with E-state index in [-0.39, 0.29) is 11.8 Å². The third kappa shape index (κ3) is 5.57. The zero-order chi connectivity index (χ0) is 20.1. The summed E-state index contributed by atoms with van der Waals surface area (Å²) >= 11 is 0. The highest BCUT2D eigenvalue weighted by Crippen LogP contribution is 2.25. The van der Waals surface area contributed by atoms with Crippen molar-refractivity contribution in [3.63, 3.8) is 0 Å². The number of benzene rings is 1. The van der Waals surface area contributed by atoms with Gasteiger partial charge in [-0.1, -0.05) is 19.9 Å². The summed E-state index contributed by atoms with van der Waals surface area (Å²) < 4.78 is 0. The number of piperidine rings is 2. The van der Waals surface area contributed by atoms with Crippen molar-refractivity contribution >= 4 is 17.5 Å². The lowest BCUT2D eigenvalue weighted by atomic mass is 9.91. The predicted octanol–water partition coefficient (Wildman–Crippen LogP) is 3.83. The smallest absolute Gasteiger partial charge is 0.253 e. The number of aryl methyl sites for hydroxylation is 1. The Labute approximate surface area is 169 Å². The van der Waals surface area contributed by atoms with E-state index in [0.717, 1.165) is 56.7 Å². The summed E-state index contributed by atoms with van der Waals surface area (Å²) in [5.41, 5.74) is 2.42. The highest BCUT2D eigenvalue weighted by Gasteiger charge is 2.26. The lowest BCUT2D eigenvalue weighted by Gasteiger charge is -2.35. The van der Waals surface area contributed by atoms with Gasteiger partial charge in [0.15, 0.2) is 0 Å². The van der Waals surface area contributed by atoms with Gasteiger partial charge in [-0.05, 0) is 81.1 Å². The lowest BCUT2D eigenvalue weighted by Crippen LogP contribution is -2.42.